The molecule has 2 aromatic heterocycles. The zero-order valence-corrected chi connectivity index (χ0v) is 11.3. The van der Waals surface area contributed by atoms with Crippen LogP contribution in [0, 0.1) is 5.92 Å². The lowest BCUT2D eigenvalue weighted by molar-refractivity contribution is -0.121. The molecule has 0 aliphatic heterocycles. The van der Waals surface area contributed by atoms with Crippen LogP contribution in [0.25, 0.3) is 11.0 Å². The number of aromatic nitrogens is 2. The second-order valence-corrected chi connectivity index (χ2v) is 5.01. The first kappa shape index (κ1) is 13.5. The molecule has 0 aromatic carbocycles. The monoisotopic (exact) mass is 261 g/mol. The molecule has 0 saturated heterocycles. The Hall–Kier alpha value is -1.88. The number of rotatable bonds is 5. The molecular formula is C14H19N3O2. The lowest BCUT2D eigenvalue weighted by Gasteiger charge is -2.08. The third-order valence-electron chi connectivity index (χ3n) is 2.91. The maximum atomic E-state index is 11.8. The minimum atomic E-state index is -0.0528. The Balaban J connectivity index is 2.18. The van der Waals surface area contributed by atoms with E-state index in [1.807, 2.05) is 12.1 Å². The van der Waals surface area contributed by atoms with Crippen molar-refractivity contribution in [3.05, 3.63) is 30.1 Å². The highest BCUT2D eigenvalue weighted by atomic mass is 16.3. The summed E-state index contributed by atoms with van der Waals surface area (Å²) < 4.78 is 1.77. The van der Waals surface area contributed by atoms with Gasteiger partial charge in [-0.2, -0.15) is 0 Å². The number of fused-ring (bicyclic) bond motifs is 1. The van der Waals surface area contributed by atoms with Crippen molar-refractivity contribution in [1.29, 1.82) is 0 Å². The molecule has 2 aromatic rings. The van der Waals surface area contributed by atoms with Crippen molar-refractivity contribution in [3.63, 3.8) is 0 Å². The Labute approximate surface area is 112 Å². The number of carbonyl (C=O) groups is 1. The van der Waals surface area contributed by atoms with E-state index in [9.17, 15) is 9.90 Å². The van der Waals surface area contributed by atoms with E-state index < -0.39 is 0 Å². The molecule has 2 rings (SSSR count). The number of carbonyl (C=O) groups excluding carboxylic acids is 1. The zero-order chi connectivity index (χ0) is 13.8. The molecule has 5 nitrogen and oxygen atoms in total. The van der Waals surface area contributed by atoms with E-state index in [4.69, 9.17) is 0 Å². The Kier molecular flexibility index (Phi) is 4.16. The van der Waals surface area contributed by atoms with Crippen LogP contribution in [0.15, 0.2) is 24.5 Å². The van der Waals surface area contributed by atoms with Gasteiger partial charge in [-0.15, -0.1) is 0 Å². The summed E-state index contributed by atoms with van der Waals surface area (Å²) in [5.41, 5.74) is 1.52. The van der Waals surface area contributed by atoms with Crippen LogP contribution in [-0.4, -0.2) is 27.1 Å². The molecule has 0 aliphatic rings. The number of nitrogens with one attached hydrogen (secondary N) is 1. The minimum absolute atomic E-state index is 0.0410. The first-order chi connectivity index (χ1) is 9.11. The molecular weight excluding hydrogens is 242 g/mol. The SMILES string of the molecule is CC(C)CNC(=O)Cn1cc(CO)c2cccnc21. The summed E-state index contributed by atoms with van der Waals surface area (Å²) >= 11 is 0. The molecule has 0 fully saturated rings. The number of hydrogen-bond donors (Lipinski definition) is 2. The van der Waals surface area contributed by atoms with Crippen LogP contribution >= 0.6 is 0 Å². The number of aliphatic hydroxyl groups excluding tert-OH is 1. The summed E-state index contributed by atoms with van der Waals surface area (Å²) in [5, 5.41) is 13.1. The van der Waals surface area contributed by atoms with Gasteiger partial charge in [0.2, 0.25) is 5.91 Å². The van der Waals surface area contributed by atoms with Crippen molar-refractivity contribution in [2.75, 3.05) is 6.54 Å². The molecule has 5 heteroatoms. The van der Waals surface area contributed by atoms with Crippen molar-refractivity contribution < 1.29 is 9.90 Å². The van der Waals surface area contributed by atoms with E-state index in [2.05, 4.69) is 24.1 Å². The van der Waals surface area contributed by atoms with Crippen LogP contribution in [0.4, 0.5) is 0 Å². The van der Waals surface area contributed by atoms with Gasteiger partial charge in [0, 0.05) is 29.9 Å². The molecule has 102 valence electrons. The highest BCUT2D eigenvalue weighted by Crippen LogP contribution is 2.19. The molecule has 19 heavy (non-hydrogen) atoms. The van der Waals surface area contributed by atoms with Gasteiger partial charge in [-0.25, -0.2) is 4.98 Å². The molecule has 0 radical (unpaired) electrons. The molecule has 0 aliphatic carbocycles. The maximum absolute atomic E-state index is 11.8. The predicted octanol–water partition coefficient (Wildman–Crippen LogP) is 1.30. The van der Waals surface area contributed by atoms with Crippen LogP contribution < -0.4 is 5.32 Å². The first-order valence-electron chi connectivity index (χ1n) is 6.42. The molecule has 0 unspecified atom stereocenters. The summed E-state index contributed by atoms with van der Waals surface area (Å²) in [5.74, 6) is 0.386. The molecule has 2 heterocycles. The number of nitrogens with zero attached hydrogens (tertiary/aromatic N) is 2. The average molecular weight is 261 g/mol. The van der Waals surface area contributed by atoms with Crippen LogP contribution in [0.2, 0.25) is 0 Å². The van der Waals surface area contributed by atoms with Gasteiger partial charge >= 0.3 is 0 Å². The Morgan fingerprint density at radius 2 is 2.32 bits per heavy atom. The fourth-order valence-corrected chi connectivity index (χ4v) is 1.97. The molecule has 2 N–H and O–H groups in total. The van der Waals surface area contributed by atoms with E-state index in [0.29, 0.717) is 12.5 Å². The Morgan fingerprint density at radius 1 is 1.53 bits per heavy atom. The largest absolute Gasteiger partial charge is 0.392 e. The molecule has 0 atom stereocenters. The highest BCUT2D eigenvalue weighted by molar-refractivity contribution is 5.83. The Bertz CT molecular complexity index is 575. The van der Waals surface area contributed by atoms with Gasteiger partial charge in [0.15, 0.2) is 0 Å². The number of hydrogen-bond acceptors (Lipinski definition) is 3. The number of aliphatic hydroxyl groups is 1. The van der Waals surface area contributed by atoms with E-state index in [1.54, 1.807) is 17.0 Å². The minimum Gasteiger partial charge on any atom is -0.392 e. The standard InChI is InChI=1S/C14H19N3O2/c1-10(2)6-16-13(19)8-17-7-11(9-18)12-4-3-5-15-14(12)17/h3-5,7,10,18H,6,8-9H2,1-2H3,(H,16,19). The van der Waals surface area contributed by atoms with Gasteiger partial charge < -0.3 is 15.0 Å². The van der Waals surface area contributed by atoms with Crippen LogP contribution in [0.5, 0.6) is 0 Å². The molecule has 0 spiro atoms. The zero-order valence-electron chi connectivity index (χ0n) is 11.3. The second kappa shape index (κ2) is 5.84. The van der Waals surface area contributed by atoms with Gasteiger partial charge in [0.1, 0.15) is 12.2 Å². The summed E-state index contributed by atoms with van der Waals surface area (Å²) in [6.45, 7) is 4.94. The summed E-state index contributed by atoms with van der Waals surface area (Å²) in [6.07, 6.45) is 3.47. The third kappa shape index (κ3) is 3.12. The molecule has 1 amide bonds. The second-order valence-electron chi connectivity index (χ2n) is 5.01. The van der Waals surface area contributed by atoms with Gasteiger partial charge in [-0.1, -0.05) is 13.8 Å². The van der Waals surface area contributed by atoms with E-state index in [-0.39, 0.29) is 19.1 Å². The van der Waals surface area contributed by atoms with Crippen molar-refractivity contribution in [3.8, 4) is 0 Å². The smallest absolute Gasteiger partial charge is 0.240 e. The lowest BCUT2D eigenvalue weighted by atomic mass is 10.2. The molecule has 0 bridgehead atoms. The normalized spacial score (nSPS) is 11.2. The van der Waals surface area contributed by atoms with Gasteiger partial charge in [-0.05, 0) is 18.1 Å². The summed E-state index contributed by atoms with van der Waals surface area (Å²) in [7, 11) is 0. The maximum Gasteiger partial charge on any atom is 0.240 e. The quantitative estimate of drug-likeness (QED) is 0.852. The van der Waals surface area contributed by atoms with E-state index in [0.717, 1.165) is 16.6 Å². The first-order valence-corrected chi connectivity index (χ1v) is 6.42. The Morgan fingerprint density at radius 3 is 3.00 bits per heavy atom. The van der Waals surface area contributed by atoms with Gasteiger partial charge in [-0.3, -0.25) is 4.79 Å². The topological polar surface area (TPSA) is 67.2 Å². The highest BCUT2D eigenvalue weighted by Gasteiger charge is 2.11. The van der Waals surface area contributed by atoms with E-state index >= 15 is 0 Å². The fraction of sp³-hybridized carbons (Fsp3) is 0.429. The lowest BCUT2D eigenvalue weighted by Crippen LogP contribution is -2.30. The predicted molar refractivity (Wildman–Crippen MR) is 73.5 cm³/mol. The average Bonchev–Trinajstić information content (AvgIpc) is 2.75. The number of amides is 1. The van der Waals surface area contributed by atoms with Crippen molar-refractivity contribution in [2.45, 2.75) is 27.0 Å². The fourth-order valence-electron chi connectivity index (χ4n) is 1.97. The molecule has 0 saturated carbocycles. The van der Waals surface area contributed by atoms with Crippen LogP contribution in [-0.2, 0) is 17.9 Å². The third-order valence-corrected chi connectivity index (χ3v) is 2.91. The van der Waals surface area contributed by atoms with Crippen molar-refractivity contribution >= 4 is 16.9 Å². The van der Waals surface area contributed by atoms with Crippen molar-refractivity contribution in [2.24, 2.45) is 5.92 Å². The summed E-state index contributed by atoms with van der Waals surface area (Å²) in [4.78, 5) is 16.1. The van der Waals surface area contributed by atoms with Crippen LogP contribution in [0.3, 0.4) is 0 Å². The summed E-state index contributed by atoms with van der Waals surface area (Å²) in [6, 6.07) is 3.72. The van der Waals surface area contributed by atoms with E-state index in [1.165, 1.54) is 0 Å². The van der Waals surface area contributed by atoms with Gasteiger partial charge in [0.25, 0.3) is 0 Å². The van der Waals surface area contributed by atoms with Crippen molar-refractivity contribution in [1.82, 2.24) is 14.9 Å². The number of pyridine rings is 1. The van der Waals surface area contributed by atoms with Crippen LogP contribution in [0.1, 0.15) is 19.4 Å². The van der Waals surface area contributed by atoms with Gasteiger partial charge in [0.05, 0.1) is 6.61 Å².